The van der Waals surface area contributed by atoms with Gasteiger partial charge in [-0.2, -0.15) is 5.26 Å². The molecule has 0 aliphatic carbocycles. The summed E-state index contributed by atoms with van der Waals surface area (Å²) in [6, 6.07) is 8.76. The maximum absolute atomic E-state index is 12.2. The van der Waals surface area contributed by atoms with Crippen LogP contribution in [0.4, 0.5) is 5.13 Å². The molecule has 144 valence electrons. The molecule has 3 aromatic rings. The summed E-state index contributed by atoms with van der Waals surface area (Å²) in [5.74, 6) is 0.943. The molecule has 9 nitrogen and oxygen atoms in total. The van der Waals surface area contributed by atoms with Crippen LogP contribution in [0.25, 0.3) is 6.08 Å². The van der Waals surface area contributed by atoms with Crippen molar-refractivity contribution < 1.29 is 22.0 Å². The number of amides is 1. The van der Waals surface area contributed by atoms with Gasteiger partial charge in [-0.05, 0) is 24.3 Å². The van der Waals surface area contributed by atoms with Crippen LogP contribution in [0, 0.1) is 11.3 Å². The van der Waals surface area contributed by atoms with Crippen molar-refractivity contribution in [3.63, 3.8) is 0 Å². The zero-order valence-corrected chi connectivity index (χ0v) is 16.7. The molecule has 0 aliphatic heterocycles. The number of nitrogens with one attached hydrogen (secondary N) is 1. The normalized spacial score (nSPS) is 11.9. The fourth-order valence-corrected chi connectivity index (χ4v) is 4.16. The Morgan fingerprint density at radius 1 is 1.39 bits per heavy atom. The first-order chi connectivity index (χ1) is 13.3. The van der Waals surface area contributed by atoms with Crippen LogP contribution >= 0.6 is 23.1 Å². The molecule has 3 aromatic heterocycles. The molecule has 0 aromatic carbocycles. The largest absolute Gasteiger partial charge is 0.468 e. The number of thioether (sulfide) groups is 1. The van der Waals surface area contributed by atoms with Crippen LogP contribution < -0.4 is 5.32 Å². The average molecular weight is 436 g/mol. The standard InChI is InChI=1S/C16H12N4O5S3/c1-28(22,23)16-20-19-15(27-16)18-14(21)10(8-17)7-11-4-5-13(25-11)26-9-12-3-2-6-24-12/h2-7H,9H2,1H3,(H,18,19,21)/b10-7-. The summed E-state index contributed by atoms with van der Waals surface area (Å²) in [6.07, 6.45) is 3.85. The number of nitriles is 1. The highest BCUT2D eigenvalue weighted by atomic mass is 32.2. The minimum atomic E-state index is -3.52. The van der Waals surface area contributed by atoms with Gasteiger partial charge in [0.05, 0.1) is 12.0 Å². The highest BCUT2D eigenvalue weighted by molar-refractivity contribution is 7.98. The second kappa shape index (κ2) is 8.42. The zero-order chi connectivity index (χ0) is 20.1. The molecule has 0 saturated carbocycles. The van der Waals surface area contributed by atoms with Gasteiger partial charge in [0, 0.05) is 12.3 Å². The number of furan rings is 2. The maximum Gasteiger partial charge on any atom is 0.268 e. The van der Waals surface area contributed by atoms with Crippen molar-refractivity contribution in [2.45, 2.75) is 15.2 Å². The first-order valence-corrected chi connectivity index (χ1v) is 11.3. The van der Waals surface area contributed by atoms with E-state index in [-0.39, 0.29) is 15.0 Å². The fraction of sp³-hybridized carbons (Fsp3) is 0.125. The second-order valence-corrected chi connectivity index (χ2v) is 9.44. The summed E-state index contributed by atoms with van der Waals surface area (Å²) < 4.78 is 33.4. The Morgan fingerprint density at radius 3 is 2.86 bits per heavy atom. The van der Waals surface area contributed by atoms with Crippen molar-refractivity contribution in [3.05, 3.63) is 47.6 Å². The van der Waals surface area contributed by atoms with Crippen molar-refractivity contribution in [1.29, 1.82) is 5.26 Å². The highest BCUT2D eigenvalue weighted by Crippen LogP contribution is 2.26. The number of anilines is 1. The number of hydrogen-bond donors (Lipinski definition) is 1. The summed E-state index contributed by atoms with van der Waals surface area (Å²) in [7, 11) is -3.52. The molecule has 28 heavy (non-hydrogen) atoms. The summed E-state index contributed by atoms with van der Waals surface area (Å²) >= 11 is 2.10. The van der Waals surface area contributed by atoms with Crippen LogP contribution in [0.15, 0.2) is 54.4 Å². The van der Waals surface area contributed by atoms with Gasteiger partial charge in [-0.3, -0.25) is 10.1 Å². The van der Waals surface area contributed by atoms with E-state index in [9.17, 15) is 18.5 Å². The SMILES string of the molecule is CS(=O)(=O)c1nnc(NC(=O)/C(C#N)=C\c2ccc(SCc3ccco3)o2)s1. The van der Waals surface area contributed by atoms with E-state index in [2.05, 4.69) is 15.5 Å². The molecule has 3 rings (SSSR count). The third-order valence-corrected chi connectivity index (χ3v) is 6.58. The minimum Gasteiger partial charge on any atom is -0.468 e. The lowest BCUT2D eigenvalue weighted by Gasteiger charge is -1.98. The number of aromatic nitrogens is 2. The number of hydrogen-bond acceptors (Lipinski definition) is 10. The Hall–Kier alpha value is -2.88. The molecule has 1 amide bonds. The van der Waals surface area contributed by atoms with Gasteiger partial charge in [0.1, 0.15) is 23.2 Å². The Balaban J connectivity index is 1.67. The van der Waals surface area contributed by atoms with E-state index in [1.54, 1.807) is 30.5 Å². The van der Waals surface area contributed by atoms with Gasteiger partial charge in [0.25, 0.3) is 5.91 Å². The van der Waals surface area contributed by atoms with Crippen LogP contribution in [-0.2, 0) is 20.4 Å². The smallest absolute Gasteiger partial charge is 0.268 e. The Morgan fingerprint density at radius 2 is 2.21 bits per heavy atom. The number of rotatable bonds is 7. The Labute approximate surface area is 168 Å². The monoisotopic (exact) mass is 436 g/mol. The third-order valence-electron chi connectivity index (χ3n) is 3.13. The molecule has 0 spiro atoms. The maximum atomic E-state index is 12.2. The van der Waals surface area contributed by atoms with Crippen molar-refractivity contribution in [3.8, 4) is 6.07 Å². The predicted octanol–water partition coefficient (Wildman–Crippen LogP) is 2.97. The summed E-state index contributed by atoms with van der Waals surface area (Å²) in [5.41, 5.74) is -0.229. The van der Waals surface area contributed by atoms with E-state index in [1.807, 2.05) is 6.07 Å². The van der Waals surface area contributed by atoms with E-state index in [1.165, 1.54) is 17.8 Å². The number of sulfone groups is 1. The lowest BCUT2D eigenvalue weighted by atomic mass is 10.2. The Kier molecular flexibility index (Phi) is 5.98. The van der Waals surface area contributed by atoms with Crippen LogP contribution in [0.1, 0.15) is 11.5 Å². The average Bonchev–Trinajstić information content (AvgIpc) is 3.38. The summed E-state index contributed by atoms with van der Waals surface area (Å²) in [4.78, 5) is 12.2. The number of carbonyl (C=O) groups is 1. The van der Waals surface area contributed by atoms with Gasteiger partial charge in [0.2, 0.25) is 19.3 Å². The molecule has 0 fully saturated rings. The topological polar surface area (TPSA) is 139 Å². The Bertz CT molecular complexity index is 1150. The van der Waals surface area contributed by atoms with Crippen molar-refractivity contribution in [1.82, 2.24) is 10.2 Å². The van der Waals surface area contributed by atoms with Crippen molar-refractivity contribution in [2.75, 3.05) is 11.6 Å². The predicted molar refractivity (Wildman–Crippen MR) is 102 cm³/mol. The van der Waals surface area contributed by atoms with Gasteiger partial charge in [0.15, 0.2) is 5.09 Å². The van der Waals surface area contributed by atoms with Crippen LogP contribution in [-0.4, -0.2) is 30.8 Å². The van der Waals surface area contributed by atoms with Gasteiger partial charge < -0.3 is 8.83 Å². The van der Waals surface area contributed by atoms with Crippen LogP contribution in [0.3, 0.4) is 0 Å². The lowest BCUT2D eigenvalue weighted by Crippen LogP contribution is -2.13. The fourth-order valence-electron chi connectivity index (χ4n) is 1.89. The van der Waals surface area contributed by atoms with Gasteiger partial charge >= 0.3 is 0 Å². The van der Waals surface area contributed by atoms with E-state index >= 15 is 0 Å². The molecule has 0 unspecified atom stereocenters. The van der Waals surface area contributed by atoms with Crippen molar-refractivity contribution in [2.24, 2.45) is 0 Å². The van der Waals surface area contributed by atoms with Crippen LogP contribution in [0.5, 0.6) is 0 Å². The van der Waals surface area contributed by atoms with E-state index < -0.39 is 15.7 Å². The van der Waals surface area contributed by atoms with E-state index in [0.29, 0.717) is 27.9 Å². The highest BCUT2D eigenvalue weighted by Gasteiger charge is 2.18. The van der Waals surface area contributed by atoms with Gasteiger partial charge in [-0.25, -0.2) is 8.42 Å². The molecule has 0 radical (unpaired) electrons. The van der Waals surface area contributed by atoms with Crippen LogP contribution in [0.2, 0.25) is 0 Å². The molecule has 0 aliphatic rings. The molecule has 0 bridgehead atoms. The molecule has 1 N–H and O–H groups in total. The first-order valence-electron chi connectivity index (χ1n) is 7.57. The number of carbonyl (C=O) groups excluding carboxylic acids is 1. The molecule has 3 heterocycles. The summed E-state index contributed by atoms with van der Waals surface area (Å²) in [5, 5.41) is 19.2. The minimum absolute atomic E-state index is 0.0271. The second-order valence-electron chi connectivity index (χ2n) is 5.29. The number of nitrogens with zero attached hydrogens (tertiary/aromatic N) is 3. The van der Waals surface area contributed by atoms with E-state index in [0.717, 1.165) is 12.0 Å². The third kappa shape index (κ3) is 5.10. The molecular formula is C16H12N4O5S3. The molecule has 0 atom stereocenters. The first kappa shape index (κ1) is 19.9. The molecular weight excluding hydrogens is 424 g/mol. The molecule has 12 heteroatoms. The quantitative estimate of drug-likeness (QED) is 0.256. The molecule has 0 saturated heterocycles. The van der Waals surface area contributed by atoms with E-state index in [4.69, 9.17) is 8.83 Å². The zero-order valence-electron chi connectivity index (χ0n) is 14.3. The summed E-state index contributed by atoms with van der Waals surface area (Å²) in [6.45, 7) is 0. The van der Waals surface area contributed by atoms with Crippen molar-refractivity contribution >= 4 is 50.1 Å². The van der Waals surface area contributed by atoms with Gasteiger partial charge in [-0.1, -0.05) is 23.1 Å². The lowest BCUT2D eigenvalue weighted by molar-refractivity contribution is -0.112. The van der Waals surface area contributed by atoms with Gasteiger partial charge in [-0.15, -0.1) is 10.2 Å².